The molecular formula is C11H16BrN3O. The summed E-state index contributed by atoms with van der Waals surface area (Å²) in [5.74, 6) is 0.922. The summed E-state index contributed by atoms with van der Waals surface area (Å²) in [6.07, 6.45) is 5.76. The van der Waals surface area contributed by atoms with Gasteiger partial charge in [-0.3, -0.25) is 9.48 Å². The number of piperidine rings is 1. The summed E-state index contributed by atoms with van der Waals surface area (Å²) < 4.78 is 2.58. The Morgan fingerprint density at radius 2 is 2.25 bits per heavy atom. The van der Waals surface area contributed by atoms with Gasteiger partial charge in [-0.15, -0.1) is 0 Å². The van der Waals surface area contributed by atoms with E-state index in [0.29, 0.717) is 6.54 Å². The second-order valence-corrected chi connectivity index (χ2v) is 5.34. The summed E-state index contributed by atoms with van der Waals surface area (Å²) in [6, 6.07) is 0. The molecule has 1 fully saturated rings. The molecule has 2 rings (SSSR count). The molecule has 0 saturated carbocycles. The lowest BCUT2D eigenvalue weighted by molar-refractivity contribution is -0.133. The molecule has 0 aromatic carbocycles. The Kier molecular flexibility index (Phi) is 3.63. The number of hydrogen-bond donors (Lipinski definition) is 0. The molecule has 1 aromatic rings. The van der Waals surface area contributed by atoms with Crippen LogP contribution in [0, 0.1) is 5.92 Å². The monoisotopic (exact) mass is 285 g/mol. The fourth-order valence-electron chi connectivity index (χ4n) is 1.92. The first kappa shape index (κ1) is 11.6. The number of nitrogens with zero attached hydrogens (tertiary/aromatic N) is 3. The van der Waals surface area contributed by atoms with E-state index >= 15 is 0 Å². The first-order valence-corrected chi connectivity index (χ1v) is 6.40. The quantitative estimate of drug-likeness (QED) is 0.833. The number of carbonyl (C=O) groups excluding carboxylic acids is 1. The van der Waals surface area contributed by atoms with Gasteiger partial charge in [0.05, 0.1) is 10.7 Å². The lowest BCUT2D eigenvalue weighted by atomic mass is 9.99. The lowest BCUT2D eigenvalue weighted by Gasteiger charge is -2.30. The van der Waals surface area contributed by atoms with Crippen molar-refractivity contribution in [2.75, 3.05) is 13.1 Å². The van der Waals surface area contributed by atoms with E-state index in [2.05, 4.69) is 28.0 Å². The highest BCUT2D eigenvalue weighted by Gasteiger charge is 2.20. The van der Waals surface area contributed by atoms with Crippen LogP contribution in [0.2, 0.25) is 0 Å². The van der Waals surface area contributed by atoms with Gasteiger partial charge < -0.3 is 4.90 Å². The highest BCUT2D eigenvalue weighted by molar-refractivity contribution is 9.10. The van der Waals surface area contributed by atoms with E-state index in [9.17, 15) is 4.79 Å². The molecule has 0 aliphatic carbocycles. The third kappa shape index (κ3) is 2.84. The van der Waals surface area contributed by atoms with Gasteiger partial charge >= 0.3 is 0 Å². The van der Waals surface area contributed by atoms with Gasteiger partial charge in [0.15, 0.2) is 0 Å². The number of rotatable bonds is 2. The number of amides is 1. The Labute approximate surface area is 104 Å². The predicted octanol–water partition coefficient (Wildman–Crippen LogP) is 1.90. The Bertz CT molecular complexity index is 369. The maximum Gasteiger partial charge on any atom is 0.244 e. The second-order valence-electron chi connectivity index (χ2n) is 4.42. The molecule has 0 radical (unpaired) electrons. The maximum absolute atomic E-state index is 11.9. The van der Waals surface area contributed by atoms with Crippen LogP contribution in [0.4, 0.5) is 0 Å². The summed E-state index contributed by atoms with van der Waals surface area (Å²) in [5.41, 5.74) is 0. The average molecular weight is 286 g/mol. The maximum atomic E-state index is 11.9. The summed E-state index contributed by atoms with van der Waals surface area (Å²) in [7, 11) is 0. The van der Waals surface area contributed by atoms with Crippen LogP contribution >= 0.6 is 15.9 Å². The zero-order chi connectivity index (χ0) is 11.5. The van der Waals surface area contributed by atoms with Gasteiger partial charge in [0.1, 0.15) is 6.54 Å². The minimum absolute atomic E-state index is 0.169. The summed E-state index contributed by atoms with van der Waals surface area (Å²) in [5, 5.41) is 4.09. The molecule has 1 saturated heterocycles. The van der Waals surface area contributed by atoms with Gasteiger partial charge in [0, 0.05) is 19.3 Å². The van der Waals surface area contributed by atoms with Crippen LogP contribution in [0.5, 0.6) is 0 Å². The molecule has 1 aliphatic heterocycles. The van der Waals surface area contributed by atoms with Gasteiger partial charge in [-0.1, -0.05) is 6.92 Å². The first-order chi connectivity index (χ1) is 7.65. The third-order valence-corrected chi connectivity index (χ3v) is 3.44. The van der Waals surface area contributed by atoms with Crippen LogP contribution < -0.4 is 0 Å². The van der Waals surface area contributed by atoms with E-state index < -0.39 is 0 Å². The Morgan fingerprint density at radius 3 is 2.81 bits per heavy atom. The number of aromatic nitrogens is 2. The zero-order valence-electron chi connectivity index (χ0n) is 9.40. The van der Waals surface area contributed by atoms with Gasteiger partial charge in [-0.2, -0.15) is 5.10 Å². The SMILES string of the molecule is CC1CCN(C(=O)Cn2cc(Br)cn2)CC1. The minimum atomic E-state index is 0.169. The van der Waals surface area contributed by atoms with E-state index in [4.69, 9.17) is 0 Å². The van der Waals surface area contributed by atoms with Crippen molar-refractivity contribution in [2.24, 2.45) is 5.92 Å². The number of halogens is 1. The largest absolute Gasteiger partial charge is 0.341 e. The Hall–Kier alpha value is -0.840. The van der Waals surface area contributed by atoms with E-state index in [1.54, 1.807) is 10.9 Å². The van der Waals surface area contributed by atoms with Gasteiger partial charge in [-0.25, -0.2) is 0 Å². The fourth-order valence-corrected chi connectivity index (χ4v) is 2.25. The zero-order valence-corrected chi connectivity index (χ0v) is 11.0. The van der Waals surface area contributed by atoms with Crippen molar-refractivity contribution < 1.29 is 4.79 Å². The van der Waals surface area contributed by atoms with Crippen LogP contribution in [-0.2, 0) is 11.3 Å². The summed E-state index contributed by atoms with van der Waals surface area (Å²) in [6.45, 7) is 4.37. The molecule has 0 atom stereocenters. The normalized spacial score (nSPS) is 17.8. The molecule has 0 N–H and O–H groups in total. The fraction of sp³-hybridized carbons (Fsp3) is 0.636. The van der Waals surface area contributed by atoms with Crippen LogP contribution in [0.15, 0.2) is 16.9 Å². The standard InChI is InChI=1S/C11H16BrN3O/c1-9-2-4-14(5-3-9)11(16)8-15-7-10(12)6-13-15/h6-7,9H,2-5,8H2,1H3. The molecule has 0 unspecified atom stereocenters. The number of likely N-dealkylation sites (tertiary alicyclic amines) is 1. The Morgan fingerprint density at radius 1 is 1.56 bits per heavy atom. The van der Waals surface area contributed by atoms with Crippen LogP contribution in [0.25, 0.3) is 0 Å². The topological polar surface area (TPSA) is 38.1 Å². The van der Waals surface area contributed by atoms with Crippen molar-refractivity contribution in [3.63, 3.8) is 0 Å². The number of hydrogen-bond acceptors (Lipinski definition) is 2. The van der Waals surface area contributed by atoms with E-state index in [1.165, 1.54) is 0 Å². The molecule has 16 heavy (non-hydrogen) atoms. The second kappa shape index (κ2) is 4.99. The molecule has 2 heterocycles. The lowest BCUT2D eigenvalue weighted by Crippen LogP contribution is -2.39. The predicted molar refractivity (Wildman–Crippen MR) is 64.9 cm³/mol. The molecule has 88 valence electrons. The molecule has 5 heteroatoms. The van der Waals surface area contributed by atoms with Crippen molar-refractivity contribution in [1.29, 1.82) is 0 Å². The van der Waals surface area contributed by atoms with Gasteiger partial charge in [0.2, 0.25) is 5.91 Å². The molecule has 0 spiro atoms. The summed E-state index contributed by atoms with van der Waals surface area (Å²) in [4.78, 5) is 13.9. The minimum Gasteiger partial charge on any atom is -0.341 e. The van der Waals surface area contributed by atoms with Crippen molar-refractivity contribution in [3.05, 3.63) is 16.9 Å². The Balaban J connectivity index is 1.88. The average Bonchev–Trinajstić information content (AvgIpc) is 2.65. The summed E-state index contributed by atoms with van der Waals surface area (Å²) >= 11 is 3.32. The van der Waals surface area contributed by atoms with Crippen molar-refractivity contribution in [3.8, 4) is 0 Å². The van der Waals surface area contributed by atoms with Crippen molar-refractivity contribution in [1.82, 2.24) is 14.7 Å². The highest BCUT2D eigenvalue weighted by Crippen LogP contribution is 2.16. The smallest absolute Gasteiger partial charge is 0.244 e. The van der Waals surface area contributed by atoms with Crippen molar-refractivity contribution >= 4 is 21.8 Å². The molecule has 1 aliphatic rings. The van der Waals surface area contributed by atoms with Crippen molar-refractivity contribution in [2.45, 2.75) is 26.3 Å². The molecule has 4 nitrogen and oxygen atoms in total. The third-order valence-electron chi connectivity index (χ3n) is 3.04. The van der Waals surface area contributed by atoms with E-state index in [-0.39, 0.29) is 5.91 Å². The molecular weight excluding hydrogens is 270 g/mol. The van der Waals surface area contributed by atoms with Gasteiger partial charge in [0.25, 0.3) is 0 Å². The van der Waals surface area contributed by atoms with Crippen LogP contribution in [0.3, 0.4) is 0 Å². The van der Waals surface area contributed by atoms with E-state index in [1.807, 2.05) is 11.1 Å². The van der Waals surface area contributed by atoms with Gasteiger partial charge in [-0.05, 0) is 34.7 Å². The van der Waals surface area contributed by atoms with Crippen LogP contribution in [-0.4, -0.2) is 33.7 Å². The number of carbonyl (C=O) groups is 1. The molecule has 1 aromatic heterocycles. The first-order valence-electron chi connectivity index (χ1n) is 5.61. The highest BCUT2D eigenvalue weighted by atomic mass is 79.9. The van der Waals surface area contributed by atoms with E-state index in [0.717, 1.165) is 36.3 Å². The van der Waals surface area contributed by atoms with Crippen LogP contribution in [0.1, 0.15) is 19.8 Å². The molecule has 0 bridgehead atoms. The molecule has 1 amide bonds.